The van der Waals surface area contributed by atoms with Crippen LogP contribution in [0.2, 0.25) is 0 Å². The van der Waals surface area contributed by atoms with Gasteiger partial charge in [0.2, 0.25) is 0 Å². The Bertz CT molecular complexity index is 915. The smallest absolute Gasteiger partial charge is 0.445 e. The van der Waals surface area contributed by atoms with Crippen LogP contribution in [0.1, 0.15) is 45.5 Å². The van der Waals surface area contributed by atoms with Crippen LogP contribution in [0.15, 0.2) is 54.6 Å². The molecule has 9 heteroatoms. The highest BCUT2D eigenvalue weighted by molar-refractivity contribution is 7.38. The van der Waals surface area contributed by atoms with E-state index in [0.717, 1.165) is 5.56 Å². The molecule has 1 aliphatic rings. The zero-order valence-electron chi connectivity index (χ0n) is 16.2. The van der Waals surface area contributed by atoms with Gasteiger partial charge >= 0.3 is 14.1 Å². The van der Waals surface area contributed by atoms with Crippen molar-refractivity contribution in [3.05, 3.63) is 71.3 Å². The standard InChI is InChI=1S/C21H21N2O6P/c24-19-16-10-4-5-11-17(16)20(25)23(19)13-7-6-12-18(30(27)28)22-21(26)29-14-15-8-2-1-3-9-15/h1-5,8-11,18H,6-7,12-14H2,(H-,22,26,27,28)/p+1. The number of benzene rings is 2. The molecule has 2 atom stereocenters. The molecule has 0 bridgehead atoms. The molecule has 0 saturated carbocycles. The average molecular weight is 429 g/mol. The van der Waals surface area contributed by atoms with Gasteiger partial charge in [-0.15, -0.1) is 0 Å². The van der Waals surface area contributed by atoms with Crippen LogP contribution in [0.5, 0.6) is 0 Å². The molecule has 0 aromatic heterocycles. The Morgan fingerprint density at radius 1 is 1.00 bits per heavy atom. The number of amides is 3. The lowest BCUT2D eigenvalue weighted by atomic mass is 10.1. The first-order valence-electron chi connectivity index (χ1n) is 9.55. The molecule has 0 saturated heterocycles. The Hall–Kier alpha value is -3.09. The molecule has 156 valence electrons. The van der Waals surface area contributed by atoms with Gasteiger partial charge < -0.3 is 4.74 Å². The molecule has 2 N–H and O–H groups in total. The Balaban J connectivity index is 1.43. The number of hydrogen-bond donors (Lipinski definition) is 2. The number of nitrogens with one attached hydrogen (secondary N) is 1. The van der Waals surface area contributed by atoms with Gasteiger partial charge in [-0.2, -0.15) is 4.89 Å². The third kappa shape index (κ3) is 5.28. The molecule has 1 heterocycles. The van der Waals surface area contributed by atoms with Gasteiger partial charge in [0, 0.05) is 13.0 Å². The number of alkyl carbamates (subject to hydrolysis) is 1. The number of imide groups is 1. The van der Waals surface area contributed by atoms with Gasteiger partial charge in [0.1, 0.15) is 6.61 Å². The molecule has 0 spiro atoms. The van der Waals surface area contributed by atoms with Crippen molar-refractivity contribution in [3.8, 4) is 0 Å². The fourth-order valence-electron chi connectivity index (χ4n) is 3.19. The van der Waals surface area contributed by atoms with Crippen LogP contribution in [-0.2, 0) is 15.9 Å². The van der Waals surface area contributed by atoms with Gasteiger partial charge in [0.15, 0.2) is 0 Å². The van der Waals surface area contributed by atoms with Crippen molar-refractivity contribution in [2.45, 2.75) is 31.7 Å². The van der Waals surface area contributed by atoms with Crippen molar-refractivity contribution in [3.63, 3.8) is 0 Å². The zero-order chi connectivity index (χ0) is 21.5. The number of hydrogen-bond acceptors (Lipinski definition) is 5. The molecule has 0 fully saturated rings. The van der Waals surface area contributed by atoms with Gasteiger partial charge in [0.25, 0.3) is 17.6 Å². The molecular weight excluding hydrogens is 407 g/mol. The Labute approximate surface area is 174 Å². The van der Waals surface area contributed by atoms with E-state index in [-0.39, 0.29) is 31.4 Å². The van der Waals surface area contributed by atoms with E-state index in [1.165, 1.54) is 4.90 Å². The quantitative estimate of drug-likeness (QED) is 0.359. The predicted octanol–water partition coefficient (Wildman–Crippen LogP) is 3.44. The summed E-state index contributed by atoms with van der Waals surface area (Å²) in [6, 6.07) is 15.7. The summed E-state index contributed by atoms with van der Waals surface area (Å²) in [5.74, 6) is -1.63. The van der Waals surface area contributed by atoms with E-state index >= 15 is 0 Å². The fraction of sp³-hybridized carbons (Fsp3) is 0.286. The SMILES string of the molecule is O=C(NC(CCCCN1C(=O)c2ccccc2C1=O)[P+](=O)O)OCc1ccccc1. The van der Waals surface area contributed by atoms with Gasteiger partial charge in [-0.1, -0.05) is 42.5 Å². The van der Waals surface area contributed by atoms with Gasteiger partial charge in [-0.25, -0.2) is 4.79 Å². The number of nitrogens with zero attached hydrogens (tertiary/aromatic N) is 1. The summed E-state index contributed by atoms with van der Waals surface area (Å²) in [6.45, 7) is 0.265. The van der Waals surface area contributed by atoms with Gasteiger partial charge in [-0.3, -0.25) is 19.8 Å². The topological polar surface area (TPSA) is 113 Å². The lowest BCUT2D eigenvalue weighted by Gasteiger charge is -2.14. The van der Waals surface area contributed by atoms with Crippen molar-refractivity contribution in [1.29, 1.82) is 0 Å². The largest absolute Gasteiger partial charge is 0.530 e. The van der Waals surface area contributed by atoms with Crippen LogP contribution in [0, 0.1) is 0 Å². The lowest BCUT2D eigenvalue weighted by Crippen LogP contribution is -2.33. The maximum atomic E-state index is 12.3. The number of carbonyl (C=O) groups is 3. The summed E-state index contributed by atoms with van der Waals surface area (Å²) in [5.41, 5.74) is 1.59. The molecule has 3 rings (SSSR count). The maximum absolute atomic E-state index is 12.3. The Morgan fingerprint density at radius 2 is 1.60 bits per heavy atom. The second-order valence-corrected chi connectivity index (χ2v) is 8.06. The number of unbranched alkanes of at least 4 members (excludes halogenated alkanes) is 1. The number of rotatable bonds is 9. The summed E-state index contributed by atoms with van der Waals surface area (Å²) in [7, 11) is -2.65. The zero-order valence-corrected chi connectivity index (χ0v) is 17.1. The second kappa shape index (κ2) is 10.1. The van der Waals surface area contributed by atoms with Crippen molar-refractivity contribution < 1.29 is 28.6 Å². The minimum atomic E-state index is -2.65. The van der Waals surface area contributed by atoms with Crippen molar-refractivity contribution >= 4 is 25.9 Å². The molecule has 2 aromatic rings. The Kier molecular flexibility index (Phi) is 7.27. The second-order valence-electron chi connectivity index (χ2n) is 6.83. The van der Waals surface area contributed by atoms with E-state index in [1.54, 1.807) is 36.4 Å². The molecule has 8 nitrogen and oxygen atoms in total. The van der Waals surface area contributed by atoms with Crippen LogP contribution in [0.25, 0.3) is 0 Å². The molecule has 0 aliphatic carbocycles. The molecule has 1 aliphatic heterocycles. The van der Waals surface area contributed by atoms with Crippen LogP contribution in [-0.4, -0.2) is 40.0 Å². The number of ether oxygens (including phenoxy) is 1. The number of fused-ring (bicyclic) bond motifs is 1. The first kappa shape index (κ1) is 21.6. The minimum absolute atomic E-state index is 0.0569. The minimum Gasteiger partial charge on any atom is -0.445 e. The Morgan fingerprint density at radius 3 is 2.20 bits per heavy atom. The summed E-state index contributed by atoms with van der Waals surface area (Å²) < 4.78 is 16.6. The monoisotopic (exact) mass is 429 g/mol. The highest BCUT2D eigenvalue weighted by Crippen LogP contribution is 2.26. The normalized spacial score (nSPS) is 14.3. The van der Waals surface area contributed by atoms with E-state index in [1.807, 2.05) is 18.2 Å². The molecule has 2 unspecified atom stereocenters. The number of carbonyl (C=O) groups excluding carboxylic acids is 3. The third-order valence-corrected chi connectivity index (χ3v) is 5.67. The molecule has 3 amide bonds. The first-order valence-corrected chi connectivity index (χ1v) is 10.8. The van der Waals surface area contributed by atoms with E-state index < -0.39 is 19.9 Å². The molecule has 30 heavy (non-hydrogen) atoms. The predicted molar refractivity (Wildman–Crippen MR) is 109 cm³/mol. The van der Waals surface area contributed by atoms with E-state index in [0.29, 0.717) is 24.0 Å². The van der Waals surface area contributed by atoms with Crippen molar-refractivity contribution in [2.75, 3.05) is 6.54 Å². The summed E-state index contributed by atoms with van der Waals surface area (Å²) in [6.07, 6.45) is 0.335. The van der Waals surface area contributed by atoms with Crippen LogP contribution in [0.4, 0.5) is 4.79 Å². The summed E-state index contributed by atoms with van der Waals surface area (Å²) in [5, 5.41) is 2.40. The van der Waals surface area contributed by atoms with Crippen LogP contribution >= 0.6 is 8.03 Å². The summed E-state index contributed by atoms with van der Waals surface area (Å²) in [4.78, 5) is 47.2. The van der Waals surface area contributed by atoms with Crippen LogP contribution in [0.3, 0.4) is 0 Å². The first-order chi connectivity index (χ1) is 14.5. The van der Waals surface area contributed by atoms with E-state index in [4.69, 9.17) is 4.74 Å². The third-order valence-electron chi connectivity index (χ3n) is 4.75. The highest BCUT2D eigenvalue weighted by Gasteiger charge is 2.35. The van der Waals surface area contributed by atoms with Crippen molar-refractivity contribution in [1.82, 2.24) is 10.2 Å². The van der Waals surface area contributed by atoms with E-state index in [9.17, 15) is 23.8 Å². The summed E-state index contributed by atoms with van der Waals surface area (Å²) >= 11 is 0. The highest BCUT2D eigenvalue weighted by atomic mass is 31.1. The van der Waals surface area contributed by atoms with E-state index in [2.05, 4.69) is 5.32 Å². The van der Waals surface area contributed by atoms with Crippen molar-refractivity contribution in [2.24, 2.45) is 0 Å². The van der Waals surface area contributed by atoms with Gasteiger partial charge in [0.05, 0.1) is 11.1 Å². The molecular formula is C21H22N2O6P+. The fourth-order valence-corrected chi connectivity index (χ4v) is 3.81. The van der Waals surface area contributed by atoms with Gasteiger partial charge in [-0.05, 0) is 35.1 Å². The molecule has 0 radical (unpaired) electrons. The lowest BCUT2D eigenvalue weighted by molar-refractivity contribution is 0.0651. The van der Waals surface area contributed by atoms with Crippen LogP contribution < -0.4 is 5.32 Å². The molecule has 2 aromatic carbocycles. The maximum Gasteiger partial charge on any atom is 0.530 e. The average Bonchev–Trinajstić information content (AvgIpc) is 3.00.